The second-order valence-corrected chi connectivity index (χ2v) is 10.7. The highest BCUT2D eigenvalue weighted by atomic mass is 31.2. The summed E-state index contributed by atoms with van der Waals surface area (Å²) in [6.45, 7) is 1.99. The van der Waals surface area contributed by atoms with Crippen molar-refractivity contribution in [1.82, 2.24) is 0 Å². The van der Waals surface area contributed by atoms with Gasteiger partial charge < -0.3 is 24.0 Å². The zero-order valence-corrected chi connectivity index (χ0v) is 21.4. The Morgan fingerprint density at radius 1 is 0.844 bits per heavy atom. The fraction of sp³-hybridized carbons (Fsp3) is 0.875. The summed E-state index contributed by atoms with van der Waals surface area (Å²) in [5, 5.41) is 19.7. The quantitative estimate of drug-likeness (QED) is 0.0836. The standard InChI is InChI=1S/C24H47O7P/c1-4-5-6-7-8-9-10-11-12-13-14-15-16-17-18-19-23(26)31-21-22(25)20-24(27)32(28,29-2)30-3/h11-12,22,24-25,27H,4-10,13-21H2,1-3H3/b12-11-/t22-,24?/m0/s1. The van der Waals surface area contributed by atoms with Crippen molar-refractivity contribution in [1.29, 1.82) is 0 Å². The number of carbonyl (C=O) groups is 1. The molecule has 1 unspecified atom stereocenters. The van der Waals surface area contributed by atoms with E-state index in [0.717, 1.165) is 46.3 Å². The van der Waals surface area contributed by atoms with Gasteiger partial charge in [-0.15, -0.1) is 0 Å². The molecule has 2 N–H and O–H groups in total. The van der Waals surface area contributed by atoms with Gasteiger partial charge in [0.2, 0.25) is 0 Å². The first-order valence-electron chi connectivity index (χ1n) is 12.3. The van der Waals surface area contributed by atoms with E-state index in [4.69, 9.17) is 4.74 Å². The summed E-state index contributed by atoms with van der Waals surface area (Å²) in [6, 6.07) is 0. The molecule has 0 spiro atoms. The Kier molecular flexibility index (Phi) is 20.4. The number of hydrogen-bond acceptors (Lipinski definition) is 7. The van der Waals surface area contributed by atoms with Crippen LogP contribution >= 0.6 is 7.60 Å². The molecule has 0 aromatic heterocycles. The first kappa shape index (κ1) is 31.3. The van der Waals surface area contributed by atoms with Gasteiger partial charge in [0.15, 0.2) is 5.85 Å². The van der Waals surface area contributed by atoms with Crippen molar-refractivity contribution in [3.63, 3.8) is 0 Å². The van der Waals surface area contributed by atoms with Crippen LogP contribution in [0.15, 0.2) is 12.2 Å². The highest BCUT2D eigenvalue weighted by Gasteiger charge is 2.34. The molecule has 0 amide bonds. The summed E-state index contributed by atoms with van der Waals surface area (Å²) in [7, 11) is -1.35. The lowest BCUT2D eigenvalue weighted by molar-refractivity contribution is -0.147. The Labute approximate surface area is 195 Å². The van der Waals surface area contributed by atoms with E-state index in [1.54, 1.807) is 0 Å². The maximum Gasteiger partial charge on any atom is 0.358 e. The largest absolute Gasteiger partial charge is 0.463 e. The van der Waals surface area contributed by atoms with E-state index in [-0.39, 0.29) is 19.0 Å². The number of hydrogen-bond donors (Lipinski definition) is 2. The molecule has 8 heteroatoms. The van der Waals surface area contributed by atoms with Crippen LogP contribution in [-0.4, -0.2) is 49.0 Å². The number of esters is 1. The van der Waals surface area contributed by atoms with Crippen LogP contribution < -0.4 is 0 Å². The van der Waals surface area contributed by atoms with E-state index in [2.05, 4.69) is 28.1 Å². The SMILES string of the molecule is CCCCCCCC/C=C\CCCCCCCC(=O)OC[C@@H](O)CC(O)P(=O)(OC)OC. The Morgan fingerprint density at radius 3 is 1.88 bits per heavy atom. The number of ether oxygens (including phenoxy) is 1. The molecule has 2 atom stereocenters. The van der Waals surface area contributed by atoms with E-state index in [1.807, 2.05) is 0 Å². The van der Waals surface area contributed by atoms with Crippen LogP contribution in [-0.2, 0) is 23.1 Å². The molecule has 32 heavy (non-hydrogen) atoms. The van der Waals surface area contributed by atoms with Crippen LogP contribution in [0.25, 0.3) is 0 Å². The molecule has 190 valence electrons. The fourth-order valence-corrected chi connectivity index (χ4v) is 4.50. The number of carbonyl (C=O) groups excluding carboxylic acids is 1. The second kappa shape index (κ2) is 20.9. The lowest BCUT2D eigenvalue weighted by Crippen LogP contribution is -2.24. The molecule has 0 saturated carbocycles. The maximum absolute atomic E-state index is 12.0. The second-order valence-electron chi connectivity index (χ2n) is 8.29. The average Bonchev–Trinajstić information content (AvgIpc) is 2.79. The van der Waals surface area contributed by atoms with E-state index in [0.29, 0.717) is 6.42 Å². The Morgan fingerprint density at radius 2 is 1.34 bits per heavy atom. The van der Waals surface area contributed by atoms with Crippen molar-refractivity contribution in [2.24, 2.45) is 0 Å². The Balaban J connectivity index is 3.58. The van der Waals surface area contributed by atoms with Gasteiger partial charge in [0.25, 0.3) is 0 Å². The van der Waals surface area contributed by atoms with E-state index < -0.39 is 19.5 Å². The van der Waals surface area contributed by atoms with Gasteiger partial charge in [-0.1, -0.05) is 70.4 Å². The topological polar surface area (TPSA) is 102 Å². The van der Waals surface area contributed by atoms with Crippen LogP contribution in [0.5, 0.6) is 0 Å². The molecule has 0 rings (SSSR count). The summed E-state index contributed by atoms with van der Waals surface area (Å²) in [5.41, 5.74) is 0. The minimum atomic E-state index is -3.67. The lowest BCUT2D eigenvalue weighted by atomic mass is 10.1. The smallest absolute Gasteiger partial charge is 0.358 e. The average molecular weight is 479 g/mol. The highest BCUT2D eigenvalue weighted by molar-refractivity contribution is 7.54. The third-order valence-corrected chi connectivity index (χ3v) is 7.40. The van der Waals surface area contributed by atoms with Crippen molar-refractivity contribution in [2.75, 3.05) is 20.8 Å². The van der Waals surface area contributed by atoms with Crippen molar-refractivity contribution < 1.29 is 33.4 Å². The van der Waals surface area contributed by atoms with Crippen LogP contribution in [0.3, 0.4) is 0 Å². The molecule has 0 heterocycles. The lowest BCUT2D eigenvalue weighted by Gasteiger charge is -2.21. The third-order valence-electron chi connectivity index (χ3n) is 5.44. The summed E-state index contributed by atoms with van der Waals surface area (Å²) in [5.74, 6) is -1.85. The van der Waals surface area contributed by atoms with Crippen LogP contribution in [0.4, 0.5) is 0 Å². The summed E-state index contributed by atoms with van der Waals surface area (Å²) < 4.78 is 26.3. The molecular weight excluding hydrogens is 431 g/mol. The molecule has 0 aliphatic rings. The molecule has 0 aromatic rings. The summed E-state index contributed by atoms with van der Waals surface area (Å²) in [6.07, 6.45) is 19.0. The van der Waals surface area contributed by atoms with Gasteiger partial charge in [-0.25, -0.2) is 0 Å². The molecule has 0 radical (unpaired) electrons. The fourth-order valence-electron chi connectivity index (χ4n) is 3.36. The minimum absolute atomic E-state index is 0.256. The highest BCUT2D eigenvalue weighted by Crippen LogP contribution is 2.51. The summed E-state index contributed by atoms with van der Waals surface area (Å²) >= 11 is 0. The number of rotatable bonds is 22. The van der Waals surface area contributed by atoms with E-state index in [9.17, 15) is 19.6 Å². The maximum atomic E-state index is 12.0. The van der Waals surface area contributed by atoms with Crippen LogP contribution in [0.2, 0.25) is 0 Å². The molecule has 0 fully saturated rings. The number of unbranched alkanes of at least 4 members (excludes halogenated alkanes) is 11. The Bertz CT molecular complexity index is 516. The first-order chi connectivity index (χ1) is 15.4. The van der Waals surface area contributed by atoms with E-state index >= 15 is 0 Å². The van der Waals surface area contributed by atoms with Crippen molar-refractivity contribution in [3.8, 4) is 0 Å². The minimum Gasteiger partial charge on any atom is -0.463 e. The predicted molar refractivity (Wildman–Crippen MR) is 129 cm³/mol. The molecule has 0 saturated heterocycles. The van der Waals surface area contributed by atoms with E-state index in [1.165, 1.54) is 51.4 Å². The molecule has 0 bridgehead atoms. The zero-order chi connectivity index (χ0) is 24.1. The number of aliphatic hydroxyl groups excluding tert-OH is 2. The summed E-state index contributed by atoms with van der Waals surface area (Å²) in [4.78, 5) is 11.8. The van der Waals surface area contributed by atoms with Crippen molar-refractivity contribution in [2.45, 2.75) is 115 Å². The van der Waals surface area contributed by atoms with Gasteiger partial charge >= 0.3 is 13.6 Å². The monoisotopic (exact) mass is 478 g/mol. The van der Waals surface area contributed by atoms with Crippen molar-refractivity contribution in [3.05, 3.63) is 12.2 Å². The molecule has 0 aliphatic heterocycles. The number of aliphatic hydroxyl groups is 2. The van der Waals surface area contributed by atoms with Gasteiger partial charge in [-0.05, 0) is 32.1 Å². The number of allylic oxidation sites excluding steroid dienone is 2. The molecular formula is C24H47O7P. The van der Waals surface area contributed by atoms with Gasteiger partial charge in [0.05, 0.1) is 6.10 Å². The molecule has 7 nitrogen and oxygen atoms in total. The normalized spacial score (nSPS) is 14.0. The third kappa shape index (κ3) is 16.8. The predicted octanol–water partition coefficient (Wildman–Crippen LogP) is 6.12. The van der Waals surface area contributed by atoms with Crippen LogP contribution in [0.1, 0.15) is 103 Å². The van der Waals surface area contributed by atoms with Gasteiger partial charge in [-0.3, -0.25) is 9.36 Å². The van der Waals surface area contributed by atoms with Gasteiger partial charge in [0, 0.05) is 27.1 Å². The van der Waals surface area contributed by atoms with Crippen LogP contribution in [0, 0.1) is 0 Å². The molecule has 0 aromatic carbocycles. The first-order valence-corrected chi connectivity index (χ1v) is 13.9. The Hall–Kier alpha value is -0.720. The van der Waals surface area contributed by atoms with Crippen molar-refractivity contribution >= 4 is 13.6 Å². The van der Waals surface area contributed by atoms with Gasteiger partial charge in [0.1, 0.15) is 6.61 Å². The zero-order valence-electron chi connectivity index (χ0n) is 20.5. The molecule has 0 aliphatic carbocycles. The van der Waals surface area contributed by atoms with Gasteiger partial charge in [-0.2, -0.15) is 0 Å².